The third-order valence-corrected chi connectivity index (χ3v) is 4.76. The number of aromatic nitrogens is 2. The van der Waals surface area contributed by atoms with Crippen molar-refractivity contribution in [1.82, 2.24) is 9.55 Å². The van der Waals surface area contributed by atoms with Gasteiger partial charge in [-0.05, 0) is 54.6 Å². The van der Waals surface area contributed by atoms with E-state index >= 15 is 0 Å². The number of rotatable bonds is 6. The molecule has 0 spiro atoms. The second-order valence-corrected chi connectivity index (χ2v) is 6.50. The lowest BCUT2D eigenvalue weighted by molar-refractivity contribution is 0.108. The molecule has 0 N–H and O–H groups in total. The number of hydrogen-bond donors (Lipinski definition) is 0. The fourth-order valence-corrected chi connectivity index (χ4v) is 3.18. The summed E-state index contributed by atoms with van der Waals surface area (Å²) in [6, 6.07) is 15.2. The first-order chi connectivity index (χ1) is 11.7. The first-order valence-electron chi connectivity index (χ1n) is 8.05. The third-order valence-electron chi connectivity index (χ3n) is 3.79. The SMILES string of the molecule is CCCCOc1ccc(C(=O)Sc2nc3ccccc3n2C)cc1. The second kappa shape index (κ2) is 7.53. The number of benzene rings is 2. The zero-order valence-electron chi connectivity index (χ0n) is 13.9. The van der Waals surface area contributed by atoms with Gasteiger partial charge in [0.05, 0.1) is 17.6 Å². The van der Waals surface area contributed by atoms with Crippen LogP contribution in [0.15, 0.2) is 53.7 Å². The molecule has 0 aliphatic rings. The van der Waals surface area contributed by atoms with Crippen LogP contribution in [-0.4, -0.2) is 21.3 Å². The average molecular weight is 340 g/mol. The van der Waals surface area contributed by atoms with E-state index in [4.69, 9.17) is 4.74 Å². The van der Waals surface area contributed by atoms with E-state index < -0.39 is 0 Å². The maximum absolute atomic E-state index is 12.5. The van der Waals surface area contributed by atoms with Crippen molar-refractivity contribution < 1.29 is 9.53 Å². The Hall–Kier alpha value is -2.27. The van der Waals surface area contributed by atoms with Crippen molar-refractivity contribution in [2.24, 2.45) is 7.05 Å². The fourth-order valence-electron chi connectivity index (χ4n) is 2.38. The van der Waals surface area contributed by atoms with Crippen LogP contribution in [0.5, 0.6) is 5.75 Å². The molecule has 0 unspecified atom stereocenters. The number of aryl methyl sites for hydroxylation is 1. The lowest BCUT2D eigenvalue weighted by Gasteiger charge is -2.06. The smallest absolute Gasteiger partial charge is 0.227 e. The van der Waals surface area contributed by atoms with Gasteiger partial charge < -0.3 is 9.30 Å². The summed E-state index contributed by atoms with van der Waals surface area (Å²) >= 11 is 1.15. The van der Waals surface area contributed by atoms with Gasteiger partial charge in [0.2, 0.25) is 5.12 Å². The number of para-hydroxylation sites is 2. The summed E-state index contributed by atoms with van der Waals surface area (Å²) in [7, 11) is 1.93. The van der Waals surface area contributed by atoms with E-state index in [0.717, 1.165) is 41.4 Å². The Bertz CT molecular complexity index is 840. The van der Waals surface area contributed by atoms with Gasteiger partial charge in [0.1, 0.15) is 5.75 Å². The quantitative estimate of drug-likeness (QED) is 0.482. The van der Waals surface area contributed by atoms with Crippen LogP contribution in [0.1, 0.15) is 30.1 Å². The highest BCUT2D eigenvalue weighted by molar-refractivity contribution is 8.14. The lowest BCUT2D eigenvalue weighted by Crippen LogP contribution is -1.99. The minimum absolute atomic E-state index is 0.0199. The highest BCUT2D eigenvalue weighted by atomic mass is 32.2. The van der Waals surface area contributed by atoms with Crippen LogP contribution in [0.3, 0.4) is 0 Å². The van der Waals surface area contributed by atoms with Crippen molar-refractivity contribution in [2.75, 3.05) is 6.61 Å². The summed E-state index contributed by atoms with van der Waals surface area (Å²) < 4.78 is 7.57. The van der Waals surface area contributed by atoms with Crippen molar-refractivity contribution >= 4 is 27.9 Å². The van der Waals surface area contributed by atoms with Gasteiger partial charge in [-0.25, -0.2) is 4.98 Å². The van der Waals surface area contributed by atoms with Gasteiger partial charge in [0, 0.05) is 12.6 Å². The van der Waals surface area contributed by atoms with Gasteiger partial charge in [-0.15, -0.1) is 0 Å². The highest BCUT2D eigenvalue weighted by Gasteiger charge is 2.14. The van der Waals surface area contributed by atoms with E-state index in [1.807, 2.05) is 48.0 Å². The van der Waals surface area contributed by atoms with E-state index in [0.29, 0.717) is 17.3 Å². The number of hydrogen-bond acceptors (Lipinski definition) is 4. The van der Waals surface area contributed by atoms with Crippen LogP contribution in [0.25, 0.3) is 11.0 Å². The van der Waals surface area contributed by atoms with Gasteiger partial charge >= 0.3 is 0 Å². The van der Waals surface area contributed by atoms with Crippen LogP contribution in [0, 0.1) is 0 Å². The van der Waals surface area contributed by atoms with Crippen molar-refractivity contribution in [1.29, 1.82) is 0 Å². The molecule has 0 saturated carbocycles. The molecule has 1 heterocycles. The van der Waals surface area contributed by atoms with Crippen LogP contribution in [0.2, 0.25) is 0 Å². The highest BCUT2D eigenvalue weighted by Crippen LogP contribution is 2.26. The predicted octanol–water partition coefficient (Wildman–Crippen LogP) is 4.68. The van der Waals surface area contributed by atoms with Crippen molar-refractivity contribution in [3.63, 3.8) is 0 Å². The zero-order chi connectivity index (χ0) is 16.9. The number of nitrogens with zero attached hydrogens (tertiary/aromatic N) is 2. The number of thioether (sulfide) groups is 1. The average Bonchev–Trinajstić information content (AvgIpc) is 2.92. The summed E-state index contributed by atoms with van der Waals surface area (Å²) in [4.78, 5) is 17.0. The molecular weight excluding hydrogens is 320 g/mol. The van der Waals surface area contributed by atoms with Gasteiger partial charge in [-0.1, -0.05) is 25.5 Å². The lowest BCUT2D eigenvalue weighted by atomic mass is 10.2. The molecule has 0 fully saturated rings. The number of unbranched alkanes of at least 4 members (excludes halogenated alkanes) is 1. The monoisotopic (exact) mass is 340 g/mol. The Kier molecular flexibility index (Phi) is 5.20. The molecule has 2 aromatic carbocycles. The number of ether oxygens (including phenoxy) is 1. The molecule has 0 atom stereocenters. The molecule has 0 radical (unpaired) electrons. The van der Waals surface area contributed by atoms with Crippen molar-refractivity contribution in [3.8, 4) is 5.75 Å². The molecule has 5 heteroatoms. The standard InChI is InChI=1S/C19H20N2O2S/c1-3-4-13-23-15-11-9-14(10-12-15)18(22)24-19-20-16-7-5-6-8-17(16)21(19)2/h5-12H,3-4,13H2,1-2H3. The molecule has 3 aromatic rings. The molecule has 0 aliphatic carbocycles. The number of imidazole rings is 1. The molecule has 0 aliphatic heterocycles. The van der Waals surface area contributed by atoms with Gasteiger partial charge in [-0.2, -0.15) is 0 Å². The van der Waals surface area contributed by atoms with Crippen molar-refractivity contribution in [2.45, 2.75) is 24.9 Å². The van der Waals surface area contributed by atoms with Gasteiger partial charge in [0.15, 0.2) is 5.16 Å². The molecule has 3 rings (SSSR count). The molecule has 4 nitrogen and oxygen atoms in total. The molecule has 124 valence electrons. The number of carbonyl (C=O) groups excluding carboxylic acids is 1. The predicted molar refractivity (Wildman–Crippen MR) is 97.7 cm³/mol. The first-order valence-corrected chi connectivity index (χ1v) is 8.87. The Morgan fingerprint density at radius 3 is 2.62 bits per heavy atom. The summed E-state index contributed by atoms with van der Waals surface area (Å²) in [6.07, 6.45) is 2.13. The minimum atomic E-state index is -0.0199. The largest absolute Gasteiger partial charge is 0.494 e. The van der Waals surface area contributed by atoms with Gasteiger partial charge in [0.25, 0.3) is 0 Å². The molecule has 0 bridgehead atoms. The van der Waals surface area contributed by atoms with E-state index in [9.17, 15) is 4.79 Å². The first kappa shape index (κ1) is 16.6. The van der Waals surface area contributed by atoms with Crippen molar-refractivity contribution in [3.05, 3.63) is 54.1 Å². The normalized spacial score (nSPS) is 10.9. The zero-order valence-corrected chi connectivity index (χ0v) is 14.7. The Balaban J connectivity index is 1.71. The van der Waals surface area contributed by atoms with Crippen LogP contribution in [0.4, 0.5) is 0 Å². The summed E-state index contributed by atoms with van der Waals surface area (Å²) in [5.41, 5.74) is 2.57. The molecule has 0 amide bonds. The minimum Gasteiger partial charge on any atom is -0.494 e. The summed E-state index contributed by atoms with van der Waals surface area (Å²) in [5.74, 6) is 0.799. The molecule has 1 aromatic heterocycles. The second-order valence-electron chi connectivity index (χ2n) is 5.56. The Morgan fingerprint density at radius 2 is 1.92 bits per heavy atom. The summed E-state index contributed by atoms with van der Waals surface area (Å²) in [5, 5.41) is 0.679. The molecule has 0 saturated heterocycles. The van der Waals surface area contributed by atoms with E-state index in [1.54, 1.807) is 12.1 Å². The van der Waals surface area contributed by atoms with E-state index in [-0.39, 0.29) is 5.12 Å². The van der Waals surface area contributed by atoms with Crippen LogP contribution in [-0.2, 0) is 7.05 Å². The third kappa shape index (κ3) is 3.62. The summed E-state index contributed by atoms with van der Waals surface area (Å²) in [6.45, 7) is 2.84. The maximum atomic E-state index is 12.5. The number of fused-ring (bicyclic) bond motifs is 1. The van der Waals surface area contributed by atoms with E-state index in [1.165, 1.54) is 0 Å². The van der Waals surface area contributed by atoms with Gasteiger partial charge in [-0.3, -0.25) is 4.79 Å². The molecule has 24 heavy (non-hydrogen) atoms. The van der Waals surface area contributed by atoms with Crippen LogP contribution >= 0.6 is 11.8 Å². The fraction of sp³-hybridized carbons (Fsp3) is 0.263. The van der Waals surface area contributed by atoms with E-state index in [2.05, 4.69) is 11.9 Å². The Labute approximate surface area is 145 Å². The topological polar surface area (TPSA) is 44.1 Å². The number of carbonyl (C=O) groups is 1. The Morgan fingerprint density at radius 1 is 1.17 bits per heavy atom. The molecular formula is C19H20N2O2S. The van der Waals surface area contributed by atoms with Crippen LogP contribution < -0.4 is 4.74 Å². The maximum Gasteiger partial charge on any atom is 0.227 e.